The van der Waals surface area contributed by atoms with Crippen molar-refractivity contribution in [2.75, 3.05) is 109 Å². The van der Waals surface area contributed by atoms with E-state index in [1.165, 1.54) is 51.9 Å². The Kier molecular flexibility index (Phi) is 16.8. The number of benzene rings is 5. The van der Waals surface area contributed by atoms with Gasteiger partial charge in [-0.2, -0.15) is 0 Å². The van der Waals surface area contributed by atoms with Gasteiger partial charge in [-0.05, 0) is 185 Å². The Balaban J connectivity index is 0.000000124. The molecule has 1 N–H and O–H groups in total. The third kappa shape index (κ3) is 11.7. The first kappa shape index (κ1) is 61.0. The number of anilines is 3. The molecule has 4 aromatic heterocycles. The highest BCUT2D eigenvalue weighted by molar-refractivity contribution is 7.90. The van der Waals surface area contributed by atoms with Crippen LogP contribution in [0, 0.1) is 5.82 Å². The molecule has 10 heterocycles. The highest BCUT2D eigenvalue weighted by Crippen LogP contribution is 2.39. The Bertz CT molecular complexity index is 4740. The van der Waals surface area contributed by atoms with Crippen LogP contribution < -0.4 is 15.1 Å². The summed E-state index contributed by atoms with van der Waals surface area (Å²) in [5.41, 5.74) is 14.4. The number of aryl methyl sites for hydroxylation is 3. The van der Waals surface area contributed by atoms with Gasteiger partial charge in [0.15, 0.2) is 5.65 Å². The Morgan fingerprint density at radius 1 is 0.444 bits per heavy atom. The van der Waals surface area contributed by atoms with Crippen molar-refractivity contribution in [2.45, 2.75) is 72.5 Å². The largest absolute Gasteiger partial charge is 0.385 e. The summed E-state index contributed by atoms with van der Waals surface area (Å²) in [5, 5.41) is 5.83. The zero-order chi connectivity index (χ0) is 62.6. The Hall–Kier alpha value is -7.85. The normalized spacial score (nSPS) is 17.7. The second-order valence-electron chi connectivity index (χ2n) is 24.8. The first-order valence-electron chi connectivity index (χ1n) is 31.2. The molecule has 0 aliphatic carbocycles. The summed E-state index contributed by atoms with van der Waals surface area (Å²) in [6.07, 6.45) is 22.2. The molecule has 9 aromatic rings. The molecule has 0 radical (unpaired) electrons. The van der Waals surface area contributed by atoms with Gasteiger partial charge >= 0.3 is 0 Å². The van der Waals surface area contributed by atoms with Gasteiger partial charge in [-0.25, -0.2) is 46.5 Å². The minimum Gasteiger partial charge on any atom is -0.385 e. The molecule has 0 saturated heterocycles. The van der Waals surface area contributed by atoms with Gasteiger partial charge in [-0.15, -0.1) is 0 Å². The van der Waals surface area contributed by atoms with Gasteiger partial charge in [-0.1, -0.05) is 54.6 Å². The molecule has 0 amide bonds. The number of rotatable bonds is 9. The standard InChI is InChI=1S/C24H26FN3O2S.C24H27N3O2S.C22H24N4O2S/c1-26-12-9-17(10-13-26)22-16-28(23-8-6-19(25)14-21(22)23)31(29,30)20-7-5-18-4-3-11-27(2)24(18)15-20;1-25-14-11-18(12-15-25)22-17-27(23-8-4-3-7-21(22)23)30(28,29)20-10-9-19-6-5-13-26(2)24(19)16-20;1-25-12-8-16(9-13-25)20-15-26(22-19(20)5-3-11-24-22)29(27,28)18-7-6-17-4-2-10-23-21(17)14-18/h5-9,14-16H,3-4,10-13H2,1-2H3;3-4,7-11,16-17H,5-6,12-15H2,1-2H3;3,5-8,11,14-15,23H,2,4,9-10,12-13H2,1H3. The molecule has 0 saturated carbocycles. The van der Waals surface area contributed by atoms with Crippen molar-refractivity contribution in [1.82, 2.24) is 31.6 Å². The number of hydrogen-bond donors (Lipinski definition) is 1. The Morgan fingerprint density at radius 3 is 1.47 bits per heavy atom. The average Bonchev–Trinajstić information content (AvgIpc) is 1.59. The molecule has 15 rings (SSSR count). The second-order valence-corrected chi connectivity index (χ2v) is 30.2. The molecule has 6 aliphatic heterocycles. The molecular formula is C70H77FN10O6S3. The minimum atomic E-state index is -3.83. The molecule has 20 heteroatoms. The highest BCUT2D eigenvalue weighted by atomic mass is 32.2. The van der Waals surface area contributed by atoms with E-state index in [2.05, 4.69) is 67.1 Å². The first-order valence-corrected chi connectivity index (χ1v) is 35.5. The summed E-state index contributed by atoms with van der Waals surface area (Å²) in [7, 11) is -1.01. The van der Waals surface area contributed by atoms with Crippen molar-refractivity contribution in [1.29, 1.82) is 0 Å². The Morgan fingerprint density at radius 2 is 0.911 bits per heavy atom. The van der Waals surface area contributed by atoms with Crippen molar-refractivity contribution in [3.8, 4) is 0 Å². The molecule has 6 aliphatic rings. The van der Waals surface area contributed by atoms with Gasteiger partial charge in [0.2, 0.25) is 0 Å². The monoisotopic (exact) mass is 1270 g/mol. The van der Waals surface area contributed by atoms with Gasteiger partial charge in [0.25, 0.3) is 30.1 Å². The molecule has 16 nitrogen and oxygen atoms in total. The van der Waals surface area contributed by atoms with E-state index in [0.717, 1.165) is 172 Å². The van der Waals surface area contributed by atoms with E-state index in [-0.39, 0.29) is 15.6 Å². The van der Waals surface area contributed by atoms with Gasteiger partial charge in [0.1, 0.15) is 5.82 Å². The van der Waals surface area contributed by atoms with E-state index < -0.39 is 30.1 Å². The van der Waals surface area contributed by atoms with E-state index >= 15 is 0 Å². The number of hydrogen-bond acceptors (Lipinski definition) is 13. The van der Waals surface area contributed by atoms with E-state index in [1.807, 2.05) is 88.0 Å². The number of likely N-dealkylation sites (N-methyl/N-ethyl adjacent to an activating group) is 3. The highest BCUT2D eigenvalue weighted by Gasteiger charge is 2.30. The number of halogens is 1. The fourth-order valence-electron chi connectivity index (χ4n) is 13.5. The first-order chi connectivity index (χ1) is 43.3. The number of nitrogens with one attached hydrogen (secondary N) is 1. The molecule has 468 valence electrons. The van der Waals surface area contributed by atoms with Crippen molar-refractivity contribution in [3.63, 3.8) is 0 Å². The number of para-hydroxylation sites is 1. The quantitative estimate of drug-likeness (QED) is 0.146. The van der Waals surface area contributed by atoms with Gasteiger partial charge in [-0.3, -0.25) is 0 Å². The van der Waals surface area contributed by atoms with E-state index in [4.69, 9.17) is 0 Å². The fourth-order valence-corrected chi connectivity index (χ4v) is 17.6. The summed E-state index contributed by atoms with van der Waals surface area (Å²) < 4.78 is 100. The summed E-state index contributed by atoms with van der Waals surface area (Å²) in [6, 6.07) is 32.3. The van der Waals surface area contributed by atoms with Crippen LogP contribution in [0.25, 0.3) is 49.6 Å². The van der Waals surface area contributed by atoms with Crippen molar-refractivity contribution < 1.29 is 29.6 Å². The number of fused-ring (bicyclic) bond motifs is 6. The average molecular weight is 1270 g/mol. The molecule has 90 heavy (non-hydrogen) atoms. The summed E-state index contributed by atoms with van der Waals surface area (Å²) >= 11 is 0. The molecule has 5 aromatic carbocycles. The van der Waals surface area contributed by atoms with Crippen LogP contribution in [0.2, 0.25) is 0 Å². The van der Waals surface area contributed by atoms with Crippen molar-refractivity contribution in [2.24, 2.45) is 0 Å². The lowest BCUT2D eigenvalue weighted by atomic mass is 9.99. The molecule has 0 bridgehead atoms. The van der Waals surface area contributed by atoms with Crippen LogP contribution >= 0.6 is 0 Å². The summed E-state index contributed by atoms with van der Waals surface area (Å²) in [5.74, 6) is -0.368. The fraction of sp³-hybridized carbons (Fsp3) is 0.329. The number of pyridine rings is 1. The lowest BCUT2D eigenvalue weighted by Gasteiger charge is -2.28. The third-order valence-electron chi connectivity index (χ3n) is 18.7. The maximum atomic E-state index is 14.1. The van der Waals surface area contributed by atoms with E-state index in [9.17, 15) is 29.6 Å². The number of aromatic nitrogens is 4. The van der Waals surface area contributed by atoms with Crippen LogP contribution in [0.15, 0.2) is 167 Å². The topological polar surface area (TPSA) is 158 Å². The number of nitrogens with zero attached hydrogens (tertiary/aromatic N) is 9. The van der Waals surface area contributed by atoms with Crippen LogP contribution in [0.1, 0.15) is 71.9 Å². The van der Waals surface area contributed by atoms with E-state index in [1.54, 1.807) is 55.0 Å². The van der Waals surface area contributed by atoms with Crippen LogP contribution in [0.5, 0.6) is 0 Å². The summed E-state index contributed by atoms with van der Waals surface area (Å²) in [4.78, 5) is 16.3. The van der Waals surface area contributed by atoms with Gasteiger partial charge < -0.3 is 29.8 Å². The maximum absolute atomic E-state index is 14.1. The lowest BCUT2D eigenvalue weighted by molar-refractivity contribution is 0.370. The molecule has 0 fully saturated rings. The van der Waals surface area contributed by atoms with Crippen LogP contribution in [0.3, 0.4) is 0 Å². The molecule has 0 unspecified atom stereocenters. The minimum absolute atomic E-state index is 0.255. The summed E-state index contributed by atoms with van der Waals surface area (Å²) in [6.45, 7) is 8.11. The van der Waals surface area contributed by atoms with Crippen LogP contribution in [-0.2, 0) is 49.3 Å². The lowest BCUT2D eigenvalue weighted by Crippen LogP contribution is -2.25. The maximum Gasteiger partial charge on any atom is 0.269 e. The SMILES string of the molecule is CN1CC=C(c2cn(S(=O)(=O)c3ccc4c(c3)N(C)CCC4)c3ccc(F)cc23)CC1.CN1CC=C(c2cn(S(=O)(=O)c3ccc4c(c3)N(C)CCC4)c3ccccc23)CC1.CN1CC=C(c2cn(S(=O)(=O)c3ccc4c(c3)NCCC4)c3ncccc23)CC1. The van der Waals surface area contributed by atoms with Crippen molar-refractivity contribution >= 4 is 96.7 Å². The molecule has 0 spiro atoms. The smallest absolute Gasteiger partial charge is 0.269 e. The predicted molar refractivity (Wildman–Crippen MR) is 361 cm³/mol. The van der Waals surface area contributed by atoms with Gasteiger partial charge in [0, 0.05) is 148 Å². The predicted octanol–water partition coefficient (Wildman–Crippen LogP) is 11.4. The van der Waals surface area contributed by atoms with Crippen molar-refractivity contribution in [3.05, 3.63) is 191 Å². The molecular weight excluding hydrogens is 1190 g/mol. The van der Waals surface area contributed by atoms with Crippen LogP contribution in [0.4, 0.5) is 21.5 Å². The van der Waals surface area contributed by atoms with E-state index in [0.29, 0.717) is 21.4 Å². The zero-order valence-electron chi connectivity index (χ0n) is 51.7. The zero-order valence-corrected chi connectivity index (χ0v) is 54.2. The third-order valence-corrected chi connectivity index (χ3v) is 23.7. The van der Waals surface area contributed by atoms with Crippen LogP contribution in [-0.4, -0.2) is 151 Å². The Labute approximate surface area is 528 Å². The van der Waals surface area contributed by atoms with Gasteiger partial charge in [0.05, 0.1) is 25.7 Å². The molecule has 0 atom stereocenters. The second kappa shape index (κ2) is 24.7.